The molecule has 144 valence electrons. The van der Waals surface area contributed by atoms with Crippen LogP contribution in [0.1, 0.15) is 24.0 Å². The number of carbonyl (C=O) groups is 2. The highest BCUT2D eigenvalue weighted by molar-refractivity contribution is 7.99. The quantitative estimate of drug-likeness (QED) is 0.583. The standard InChI is InChI=1S/C20H25N3O3S/c1-14-5-4-6-17(15(14)2)23-12-9-21-20(23)27-13-18(24)22-10-7-16(8-11-22)19(25)26-3/h4-6,9,12,16H,7-8,10-11,13H2,1-3H3. The maximum absolute atomic E-state index is 12.6. The summed E-state index contributed by atoms with van der Waals surface area (Å²) in [5, 5.41) is 0.807. The fraction of sp³-hybridized carbons (Fsp3) is 0.450. The van der Waals surface area contributed by atoms with E-state index in [4.69, 9.17) is 4.74 Å². The Hall–Kier alpha value is -2.28. The topological polar surface area (TPSA) is 64.4 Å². The lowest BCUT2D eigenvalue weighted by molar-refractivity contribution is -0.148. The van der Waals surface area contributed by atoms with E-state index >= 15 is 0 Å². The van der Waals surface area contributed by atoms with Gasteiger partial charge in [0, 0.05) is 25.5 Å². The first-order valence-electron chi connectivity index (χ1n) is 9.09. The van der Waals surface area contributed by atoms with Gasteiger partial charge in [0.1, 0.15) is 0 Å². The van der Waals surface area contributed by atoms with Crippen molar-refractivity contribution in [3.05, 3.63) is 41.7 Å². The number of carbonyl (C=O) groups excluding carboxylic acids is 2. The van der Waals surface area contributed by atoms with Crippen molar-refractivity contribution in [3.63, 3.8) is 0 Å². The number of aromatic nitrogens is 2. The summed E-state index contributed by atoms with van der Waals surface area (Å²) < 4.78 is 6.83. The van der Waals surface area contributed by atoms with Crippen molar-refractivity contribution < 1.29 is 14.3 Å². The number of nitrogens with zero attached hydrogens (tertiary/aromatic N) is 3. The molecule has 27 heavy (non-hydrogen) atoms. The van der Waals surface area contributed by atoms with Crippen molar-refractivity contribution in [2.45, 2.75) is 31.8 Å². The molecule has 0 unspecified atom stereocenters. The van der Waals surface area contributed by atoms with Crippen LogP contribution in [0.4, 0.5) is 0 Å². The van der Waals surface area contributed by atoms with Crippen LogP contribution in [-0.2, 0) is 14.3 Å². The molecule has 6 nitrogen and oxygen atoms in total. The number of aryl methyl sites for hydroxylation is 1. The summed E-state index contributed by atoms with van der Waals surface area (Å²) in [5.41, 5.74) is 3.51. The Balaban J connectivity index is 1.60. The number of imidazole rings is 1. The van der Waals surface area contributed by atoms with Crippen LogP contribution in [0, 0.1) is 19.8 Å². The molecule has 3 rings (SSSR count). The number of ether oxygens (including phenoxy) is 1. The number of esters is 1. The number of thioether (sulfide) groups is 1. The molecule has 1 aromatic heterocycles. The SMILES string of the molecule is COC(=O)C1CCN(C(=O)CSc2nccn2-c2cccc(C)c2C)CC1. The van der Waals surface area contributed by atoms with Gasteiger partial charge >= 0.3 is 5.97 Å². The lowest BCUT2D eigenvalue weighted by Crippen LogP contribution is -2.41. The average Bonchev–Trinajstić information content (AvgIpc) is 3.16. The fourth-order valence-corrected chi connectivity index (χ4v) is 4.19. The first kappa shape index (κ1) is 19.5. The minimum Gasteiger partial charge on any atom is -0.469 e. The minimum absolute atomic E-state index is 0.0822. The molecule has 0 spiro atoms. The fourth-order valence-electron chi connectivity index (χ4n) is 3.33. The molecule has 0 N–H and O–H groups in total. The van der Waals surface area contributed by atoms with Gasteiger partial charge in [-0.2, -0.15) is 0 Å². The molecule has 2 aromatic rings. The van der Waals surface area contributed by atoms with E-state index in [1.165, 1.54) is 30.0 Å². The molecule has 1 saturated heterocycles. The van der Waals surface area contributed by atoms with Crippen LogP contribution >= 0.6 is 11.8 Å². The molecular weight excluding hydrogens is 362 g/mol. The molecule has 0 radical (unpaired) electrons. The van der Waals surface area contributed by atoms with Crippen molar-refractivity contribution in [3.8, 4) is 5.69 Å². The Morgan fingerprint density at radius 3 is 2.70 bits per heavy atom. The maximum atomic E-state index is 12.6. The molecule has 1 fully saturated rings. The van der Waals surface area contributed by atoms with Crippen molar-refractivity contribution in [1.29, 1.82) is 0 Å². The zero-order chi connectivity index (χ0) is 19.4. The Kier molecular flexibility index (Phi) is 6.21. The Morgan fingerprint density at radius 1 is 1.26 bits per heavy atom. The molecule has 0 aliphatic carbocycles. The van der Waals surface area contributed by atoms with Gasteiger partial charge < -0.3 is 9.64 Å². The second kappa shape index (κ2) is 8.61. The van der Waals surface area contributed by atoms with Gasteiger partial charge in [0.2, 0.25) is 5.91 Å². The second-order valence-corrected chi connectivity index (χ2v) is 7.71. The number of likely N-dealkylation sites (tertiary alicyclic amines) is 1. The predicted octanol–water partition coefficient (Wildman–Crippen LogP) is 2.99. The molecule has 2 heterocycles. The monoisotopic (exact) mass is 387 g/mol. The van der Waals surface area contributed by atoms with Crippen LogP contribution in [0.25, 0.3) is 5.69 Å². The maximum Gasteiger partial charge on any atom is 0.308 e. The predicted molar refractivity (Wildman–Crippen MR) is 105 cm³/mol. The highest BCUT2D eigenvalue weighted by atomic mass is 32.2. The third-order valence-electron chi connectivity index (χ3n) is 5.15. The molecule has 1 aliphatic rings. The van der Waals surface area contributed by atoms with Gasteiger partial charge in [-0.3, -0.25) is 14.2 Å². The Labute approximate surface area is 163 Å². The summed E-state index contributed by atoms with van der Waals surface area (Å²) in [5.74, 6) is 0.158. The summed E-state index contributed by atoms with van der Waals surface area (Å²) in [6.45, 7) is 5.38. The van der Waals surface area contributed by atoms with E-state index in [0.717, 1.165) is 10.8 Å². The highest BCUT2D eigenvalue weighted by Crippen LogP contribution is 2.25. The van der Waals surface area contributed by atoms with Crippen LogP contribution < -0.4 is 0 Å². The van der Waals surface area contributed by atoms with Gasteiger partial charge in [0.15, 0.2) is 5.16 Å². The first-order chi connectivity index (χ1) is 13.0. The van der Waals surface area contributed by atoms with Gasteiger partial charge in [-0.25, -0.2) is 4.98 Å². The number of benzene rings is 1. The van der Waals surface area contributed by atoms with Gasteiger partial charge in [-0.15, -0.1) is 0 Å². The molecule has 1 amide bonds. The molecule has 1 aromatic carbocycles. The number of hydrogen-bond donors (Lipinski definition) is 0. The number of piperidine rings is 1. The Morgan fingerprint density at radius 2 is 2.00 bits per heavy atom. The third-order valence-corrected chi connectivity index (χ3v) is 6.10. The zero-order valence-corrected chi connectivity index (χ0v) is 16.8. The summed E-state index contributed by atoms with van der Waals surface area (Å²) in [7, 11) is 1.41. The van der Waals surface area contributed by atoms with Crippen molar-refractivity contribution >= 4 is 23.6 Å². The largest absolute Gasteiger partial charge is 0.469 e. The van der Waals surface area contributed by atoms with Crippen molar-refractivity contribution in [2.24, 2.45) is 5.92 Å². The van der Waals surface area contributed by atoms with E-state index in [9.17, 15) is 9.59 Å². The summed E-state index contributed by atoms with van der Waals surface area (Å²) >= 11 is 1.45. The smallest absolute Gasteiger partial charge is 0.308 e. The van der Waals surface area contributed by atoms with E-state index in [1.807, 2.05) is 21.7 Å². The lowest BCUT2D eigenvalue weighted by atomic mass is 9.97. The summed E-state index contributed by atoms with van der Waals surface area (Å²) in [6, 6.07) is 6.18. The number of methoxy groups -OCH3 is 1. The molecule has 0 atom stereocenters. The Bertz CT molecular complexity index is 826. The van der Waals surface area contributed by atoms with E-state index in [-0.39, 0.29) is 17.8 Å². The molecule has 0 bridgehead atoms. The van der Waals surface area contributed by atoms with Crippen LogP contribution in [0.2, 0.25) is 0 Å². The van der Waals surface area contributed by atoms with E-state index in [0.29, 0.717) is 31.7 Å². The minimum atomic E-state index is -0.174. The molecule has 1 aliphatic heterocycles. The van der Waals surface area contributed by atoms with E-state index in [1.54, 1.807) is 6.20 Å². The van der Waals surface area contributed by atoms with E-state index < -0.39 is 0 Å². The number of hydrogen-bond acceptors (Lipinski definition) is 5. The van der Waals surface area contributed by atoms with Crippen LogP contribution in [0.3, 0.4) is 0 Å². The van der Waals surface area contributed by atoms with Crippen LogP contribution in [0.15, 0.2) is 35.7 Å². The molecule has 7 heteroatoms. The van der Waals surface area contributed by atoms with E-state index in [2.05, 4.69) is 31.0 Å². The summed E-state index contributed by atoms with van der Waals surface area (Å²) in [6.07, 6.45) is 5.02. The second-order valence-electron chi connectivity index (χ2n) is 6.77. The highest BCUT2D eigenvalue weighted by Gasteiger charge is 2.28. The summed E-state index contributed by atoms with van der Waals surface area (Å²) in [4.78, 5) is 30.4. The van der Waals surface area contributed by atoms with Gasteiger partial charge in [0.05, 0.1) is 24.5 Å². The van der Waals surface area contributed by atoms with Crippen LogP contribution in [0.5, 0.6) is 0 Å². The van der Waals surface area contributed by atoms with Crippen molar-refractivity contribution in [1.82, 2.24) is 14.5 Å². The lowest BCUT2D eigenvalue weighted by Gasteiger charge is -2.30. The first-order valence-corrected chi connectivity index (χ1v) is 10.1. The van der Waals surface area contributed by atoms with Crippen LogP contribution in [-0.4, -0.2) is 52.3 Å². The molecular formula is C20H25N3O3S. The zero-order valence-electron chi connectivity index (χ0n) is 16.0. The van der Waals surface area contributed by atoms with Crippen molar-refractivity contribution in [2.75, 3.05) is 26.0 Å². The normalized spacial score (nSPS) is 15.0. The number of amides is 1. The third kappa shape index (κ3) is 4.35. The number of rotatable bonds is 5. The molecule has 0 saturated carbocycles. The van der Waals surface area contributed by atoms with Gasteiger partial charge in [-0.1, -0.05) is 23.9 Å². The van der Waals surface area contributed by atoms with Gasteiger partial charge in [-0.05, 0) is 43.9 Å². The average molecular weight is 388 g/mol. The van der Waals surface area contributed by atoms with Gasteiger partial charge in [0.25, 0.3) is 0 Å².